The number of para-hydroxylation sites is 2. The van der Waals surface area contributed by atoms with Crippen molar-refractivity contribution in [2.24, 2.45) is 0 Å². The highest BCUT2D eigenvalue weighted by molar-refractivity contribution is 5.84. The molecule has 21 heavy (non-hydrogen) atoms. The van der Waals surface area contributed by atoms with Gasteiger partial charge in [-0.25, -0.2) is 4.98 Å². The number of fused-ring (bicyclic) bond motifs is 1. The van der Waals surface area contributed by atoms with Gasteiger partial charge in [0.05, 0.1) is 28.5 Å². The minimum absolute atomic E-state index is 0.148. The molecule has 5 heteroatoms. The maximum absolute atomic E-state index is 12.5. The van der Waals surface area contributed by atoms with Crippen LogP contribution in [0.25, 0.3) is 11.0 Å². The summed E-state index contributed by atoms with van der Waals surface area (Å²) in [7, 11) is 0. The number of carbonyl (C=O) groups excluding carboxylic acids is 1. The Morgan fingerprint density at radius 2 is 1.90 bits per heavy atom. The summed E-state index contributed by atoms with van der Waals surface area (Å²) in [5.74, 6) is -0.148. The van der Waals surface area contributed by atoms with E-state index < -0.39 is 17.2 Å². The molecule has 0 bridgehead atoms. The maximum Gasteiger partial charge on any atom is 0.243 e. The summed E-state index contributed by atoms with van der Waals surface area (Å²) in [5, 5.41) is 13.1. The Hall–Kier alpha value is -1.88. The number of aromatic nitrogens is 2. The number of nitrogens with one attached hydrogen (secondary N) is 1. The summed E-state index contributed by atoms with van der Waals surface area (Å²) in [6, 6.07) is 7.29. The number of hydrogen-bond donors (Lipinski definition) is 2. The molecule has 0 spiro atoms. The zero-order chi connectivity index (χ0) is 15.8. The van der Waals surface area contributed by atoms with E-state index in [4.69, 9.17) is 0 Å². The van der Waals surface area contributed by atoms with Gasteiger partial charge in [-0.3, -0.25) is 4.79 Å². The number of hydrogen-bond acceptors (Lipinski definition) is 3. The summed E-state index contributed by atoms with van der Waals surface area (Å²) in [4.78, 5) is 16.8. The second-order valence-electron chi connectivity index (χ2n) is 6.49. The number of rotatable bonds is 4. The highest BCUT2D eigenvalue weighted by atomic mass is 16.3. The molecule has 0 saturated carbocycles. The van der Waals surface area contributed by atoms with Crippen molar-refractivity contribution in [3.63, 3.8) is 0 Å². The second-order valence-corrected chi connectivity index (χ2v) is 6.49. The fourth-order valence-electron chi connectivity index (χ4n) is 1.98. The lowest BCUT2D eigenvalue weighted by atomic mass is 9.86. The average molecular weight is 289 g/mol. The molecule has 1 heterocycles. The molecule has 2 N–H and O–H groups in total. The van der Waals surface area contributed by atoms with Crippen molar-refractivity contribution in [2.45, 2.75) is 51.8 Å². The Balaban J connectivity index is 2.24. The van der Waals surface area contributed by atoms with Crippen LogP contribution in [0.1, 0.15) is 40.7 Å². The first-order chi connectivity index (χ1) is 9.63. The van der Waals surface area contributed by atoms with E-state index >= 15 is 0 Å². The molecule has 1 aromatic carbocycles. The fraction of sp³-hybridized carbons (Fsp3) is 0.500. The lowest BCUT2D eigenvalue weighted by Gasteiger charge is -2.38. The molecule has 1 atom stereocenters. The van der Waals surface area contributed by atoms with Crippen LogP contribution < -0.4 is 5.32 Å². The van der Waals surface area contributed by atoms with Crippen molar-refractivity contribution in [2.75, 3.05) is 0 Å². The molecule has 1 aromatic heterocycles. The summed E-state index contributed by atoms with van der Waals surface area (Å²) < 4.78 is 1.84. The number of aliphatic hydroxyl groups is 1. The molecule has 2 rings (SSSR count). The molecular weight excluding hydrogens is 266 g/mol. The van der Waals surface area contributed by atoms with Gasteiger partial charge in [-0.15, -0.1) is 0 Å². The topological polar surface area (TPSA) is 67.2 Å². The van der Waals surface area contributed by atoms with Gasteiger partial charge in [-0.05, 0) is 46.8 Å². The van der Waals surface area contributed by atoms with Gasteiger partial charge in [0.15, 0.2) is 0 Å². The van der Waals surface area contributed by atoms with E-state index in [0.717, 1.165) is 11.0 Å². The Kier molecular flexibility index (Phi) is 3.80. The Morgan fingerprint density at radius 3 is 2.52 bits per heavy atom. The maximum atomic E-state index is 12.5. The number of nitrogens with zero attached hydrogens (tertiary/aromatic N) is 2. The van der Waals surface area contributed by atoms with Gasteiger partial charge in [-0.2, -0.15) is 0 Å². The van der Waals surface area contributed by atoms with E-state index in [1.165, 1.54) is 0 Å². The van der Waals surface area contributed by atoms with E-state index in [-0.39, 0.29) is 5.91 Å². The van der Waals surface area contributed by atoms with E-state index in [1.54, 1.807) is 20.2 Å². The monoisotopic (exact) mass is 289 g/mol. The standard InChI is InChI=1S/C16H23N3O2/c1-11(14(20)18-15(2,3)16(4,5)21)19-10-17-12-8-6-7-9-13(12)19/h6-11,21H,1-5H3,(H,18,20). The van der Waals surface area contributed by atoms with Gasteiger partial charge in [0.2, 0.25) is 5.91 Å². The van der Waals surface area contributed by atoms with Crippen LogP contribution >= 0.6 is 0 Å². The van der Waals surface area contributed by atoms with Crippen molar-refractivity contribution in [1.82, 2.24) is 14.9 Å². The van der Waals surface area contributed by atoms with Crippen LogP contribution in [0.2, 0.25) is 0 Å². The second kappa shape index (κ2) is 5.15. The minimum Gasteiger partial charge on any atom is -0.388 e. The van der Waals surface area contributed by atoms with Crippen LogP contribution in [0.4, 0.5) is 0 Å². The molecule has 0 aliphatic heterocycles. The highest BCUT2D eigenvalue weighted by Gasteiger charge is 2.37. The summed E-state index contributed by atoms with van der Waals surface area (Å²) in [6.45, 7) is 8.81. The molecule has 0 radical (unpaired) electrons. The van der Waals surface area contributed by atoms with Crippen molar-refractivity contribution < 1.29 is 9.90 Å². The summed E-state index contributed by atoms with van der Waals surface area (Å²) in [5.41, 5.74) is 0.0359. The Bertz CT molecular complexity index is 653. The minimum atomic E-state index is -1.01. The first-order valence-electron chi connectivity index (χ1n) is 7.09. The Labute approximate surface area is 125 Å². The smallest absolute Gasteiger partial charge is 0.243 e. The summed E-state index contributed by atoms with van der Waals surface area (Å²) in [6.07, 6.45) is 1.67. The molecule has 5 nitrogen and oxygen atoms in total. The Morgan fingerprint density at radius 1 is 1.29 bits per heavy atom. The van der Waals surface area contributed by atoms with E-state index in [2.05, 4.69) is 10.3 Å². The summed E-state index contributed by atoms with van der Waals surface area (Å²) >= 11 is 0. The largest absolute Gasteiger partial charge is 0.388 e. The molecule has 0 fully saturated rings. The van der Waals surface area contributed by atoms with Gasteiger partial charge >= 0.3 is 0 Å². The van der Waals surface area contributed by atoms with Gasteiger partial charge in [0, 0.05) is 0 Å². The lowest BCUT2D eigenvalue weighted by Crippen LogP contribution is -2.58. The highest BCUT2D eigenvalue weighted by Crippen LogP contribution is 2.23. The van der Waals surface area contributed by atoms with Crippen molar-refractivity contribution in [1.29, 1.82) is 0 Å². The molecule has 0 saturated heterocycles. The molecule has 114 valence electrons. The predicted octanol–water partition coefficient (Wildman–Crippen LogP) is 2.26. The van der Waals surface area contributed by atoms with Gasteiger partial charge < -0.3 is 15.0 Å². The first-order valence-corrected chi connectivity index (χ1v) is 7.09. The SMILES string of the molecule is CC(C(=O)NC(C)(C)C(C)(C)O)n1cnc2ccccc21. The molecule has 1 unspecified atom stereocenters. The third-order valence-electron chi connectivity index (χ3n) is 4.24. The van der Waals surface area contributed by atoms with Gasteiger partial charge in [0.25, 0.3) is 0 Å². The van der Waals surface area contributed by atoms with E-state index in [0.29, 0.717) is 0 Å². The number of imidazole rings is 1. The van der Waals surface area contributed by atoms with Crippen LogP contribution in [0.15, 0.2) is 30.6 Å². The molecule has 1 amide bonds. The number of carbonyl (C=O) groups is 1. The molecule has 0 aliphatic carbocycles. The van der Waals surface area contributed by atoms with Crippen molar-refractivity contribution in [3.05, 3.63) is 30.6 Å². The fourth-order valence-corrected chi connectivity index (χ4v) is 1.98. The zero-order valence-corrected chi connectivity index (χ0v) is 13.2. The molecular formula is C16H23N3O2. The van der Waals surface area contributed by atoms with E-state index in [9.17, 15) is 9.90 Å². The third kappa shape index (κ3) is 2.93. The first kappa shape index (κ1) is 15.5. The quantitative estimate of drug-likeness (QED) is 0.907. The molecule has 0 aliphatic rings. The van der Waals surface area contributed by atoms with Gasteiger partial charge in [-0.1, -0.05) is 12.1 Å². The van der Waals surface area contributed by atoms with Crippen LogP contribution in [-0.4, -0.2) is 31.7 Å². The number of benzene rings is 1. The van der Waals surface area contributed by atoms with Crippen LogP contribution in [-0.2, 0) is 4.79 Å². The zero-order valence-electron chi connectivity index (χ0n) is 13.2. The third-order valence-corrected chi connectivity index (χ3v) is 4.24. The predicted molar refractivity (Wildman–Crippen MR) is 83.0 cm³/mol. The molecule has 2 aromatic rings. The van der Waals surface area contributed by atoms with E-state index in [1.807, 2.05) is 49.6 Å². The van der Waals surface area contributed by atoms with Crippen molar-refractivity contribution in [3.8, 4) is 0 Å². The van der Waals surface area contributed by atoms with Crippen LogP contribution in [0.5, 0.6) is 0 Å². The van der Waals surface area contributed by atoms with Gasteiger partial charge in [0.1, 0.15) is 6.04 Å². The normalized spacial score (nSPS) is 14.2. The van der Waals surface area contributed by atoms with Crippen LogP contribution in [0.3, 0.4) is 0 Å². The van der Waals surface area contributed by atoms with Crippen LogP contribution in [0, 0.1) is 0 Å². The lowest BCUT2D eigenvalue weighted by molar-refractivity contribution is -0.128. The number of amides is 1. The average Bonchev–Trinajstić information content (AvgIpc) is 2.79. The van der Waals surface area contributed by atoms with Crippen molar-refractivity contribution >= 4 is 16.9 Å².